The first-order valence-corrected chi connectivity index (χ1v) is 10.5. The number of carbonyl (C=O) groups is 1. The van der Waals surface area contributed by atoms with E-state index in [-0.39, 0.29) is 10.7 Å². The molecule has 3 rings (SSSR count). The highest BCUT2D eigenvalue weighted by Crippen LogP contribution is 2.51. The van der Waals surface area contributed by atoms with Crippen molar-refractivity contribution in [3.05, 3.63) is 66.2 Å². The molecule has 0 aromatic heterocycles. The largest absolute Gasteiger partial charge is 0.356 e. The van der Waals surface area contributed by atoms with Crippen LogP contribution in [0, 0.1) is 0 Å². The number of aliphatic imine (C=N–C) groups is 1. The van der Waals surface area contributed by atoms with Crippen molar-refractivity contribution in [3.8, 4) is 0 Å². The van der Waals surface area contributed by atoms with E-state index in [4.69, 9.17) is 0 Å². The van der Waals surface area contributed by atoms with E-state index in [0.29, 0.717) is 12.1 Å². The zero-order chi connectivity index (χ0) is 19.7. The molecule has 3 N–H and O–H groups in total. The van der Waals surface area contributed by atoms with Crippen LogP contribution in [-0.4, -0.2) is 43.3 Å². The average Bonchev–Trinajstić information content (AvgIpc) is 3.50. The molecule has 2 aromatic carbocycles. The van der Waals surface area contributed by atoms with Gasteiger partial charge in [0.1, 0.15) is 0 Å². The van der Waals surface area contributed by atoms with Crippen molar-refractivity contribution in [2.75, 3.05) is 26.7 Å². The Morgan fingerprint density at radius 2 is 1.61 bits per heavy atom. The number of hydrogen-bond donors (Lipinski definition) is 3. The SMILES string of the molecule is CN=C(NCCCNC(=O)c1ccccc1)NCC1(Sc2ccccc2)CC1. The first kappa shape index (κ1) is 20.3. The van der Waals surface area contributed by atoms with Crippen LogP contribution >= 0.6 is 11.8 Å². The van der Waals surface area contributed by atoms with E-state index in [1.807, 2.05) is 42.1 Å². The normalized spacial score (nSPS) is 15.0. The molecule has 0 spiro atoms. The predicted molar refractivity (Wildman–Crippen MR) is 117 cm³/mol. The van der Waals surface area contributed by atoms with Crippen molar-refractivity contribution in [1.29, 1.82) is 0 Å². The Hall–Kier alpha value is -2.47. The van der Waals surface area contributed by atoms with Crippen LogP contribution in [0.15, 0.2) is 70.6 Å². The summed E-state index contributed by atoms with van der Waals surface area (Å²) in [6, 6.07) is 19.8. The molecule has 148 valence electrons. The number of amides is 1. The summed E-state index contributed by atoms with van der Waals surface area (Å²) >= 11 is 1.95. The fourth-order valence-electron chi connectivity index (χ4n) is 2.85. The standard InChI is InChI=1S/C22H28N4OS/c1-23-21(25-16-8-15-24-20(27)18-9-4-2-5-10-18)26-17-22(13-14-22)28-19-11-6-3-7-12-19/h2-7,9-12H,8,13-17H2,1H3,(H,24,27)(H2,23,25,26). The van der Waals surface area contributed by atoms with Gasteiger partial charge in [0.25, 0.3) is 5.91 Å². The summed E-state index contributed by atoms with van der Waals surface area (Å²) in [5.41, 5.74) is 0.693. The summed E-state index contributed by atoms with van der Waals surface area (Å²) in [6.45, 7) is 2.29. The van der Waals surface area contributed by atoms with Gasteiger partial charge in [-0.3, -0.25) is 9.79 Å². The molecule has 0 aliphatic heterocycles. The van der Waals surface area contributed by atoms with Crippen molar-refractivity contribution >= 4 is 23.6 Å². The zero-order valence-electron chi connectivity index (χ0n) is 16.3. The molecule has 0 heterocycles. The van der Waals surface area contributed by atoms with Gasteiger partial charge in [-0.05, 0) is 43.5 Å². The molecule has 0 bridgehead atoms. The molecule has 2 aromatic rings. The fraction of sp³-hybridized carbons (Fsp3) is 0.364. The molecule has 0 atom stereocenters. The summed E-state index contributed by atoms with van der Waals surface area (Å²) in [7, 11) is 1.79. The lowest BCUT2D eigenvalue weighted by Crippen LogP contribution is -2.42. The molecular weight excluding hydrogens is 368 g/mol. The van der Waals surface area contributed by atoms with Gasteiger partial charge in [0, 0.05) is 41.9 Å². The molecule has 0 saturated heterocycles. The first-order chi connectivity index (χ1) is 13.7. The fourth-order valence-corrected chi connectivity index (χ4v) is 4.09. The summed E-state index contributed by atoms with van der Waals surface area (Å²) in [5.74, 6) is 0.783. The molecule has 28 heavy (non-hydrogen) atoms. The number of carbonyl (C=O) groups excluding carboxylic acids is 1. The van der Waals surface area contributed by atoms with E-state index >= 15 is 0 Å². The third kappa shape index (κ3) is 6.30. The predicted octanol–water partition coefficient (Wildman–Crippen LogP) is 3.30. The van der Waals surface area contributed by atoms with Gasteiger partial charge < -0.3 is 16.0 Å². The van der Waals surface area contributed by atoms with Crippen molar-refractivity contribution in [2.45, 2.75) is 28.9 Å². The van der Waals surface area contributed by atoms with E-state index in [9.17, 15) is 4.79 Å². The van der Waals surface area contributed by atoms with Crippen LogP contribution < -0.4 is 16.0 Å². The van der Waals surface area contributed by atoms with Gasteiger partial charge in [0.2, 0.25) is 0 Å². The van der Waals surface area contributed by atoms with Crippen LogP contribution in [0.25, 0.3) is 0 Å². The Labute approximate surface area is 171 Å². The summed E-state index contributed by atoms with van der Waals surface area (Å²) in [5, 5.41) is 9.72. The van der Waals surface area contributed by atoms with E-state index in [1.165, 1.54) is 17.7 Å². The van der Waals surface area contributed by atoms with Gasteiger partial charge in [-0.15, -0.1) is 11.8 Å². The first-order valence-electron chi connectivity index (χ1n) is 9.73. The van der Waals surface area contributed by atoms with Gasteiger partial charge in [-0.25, -0.2) is 0 Å². The smallest absolute Gasteiger partial charge is 0.251 e. The molecular formula is C22H28N4OS. The zero-order valence-corrected chi connectivity index (χ0v) is 17.1. The van der Waals surface area contributed by atoms with Crippen molar-refractivity contribution in [3.63, 3.8) is 0 Å². The Morgan fingerprint density at radius 1 is 0.964 bits per heavy atom. The van der Waals surface area contributed by atoms with Crippen LogP contribution in [0.3, 0.4) is 0 Å². The van der Waals surface area contributed by atoms with Crippen LogP contribution in [0.5, 0.6) is 0 Å². The highest BCUT2D eigenvalue weighted by Gasteiger charge is 2.43. The third-order valence-electron chi connectivity index (χ3n) is 4.65. The minimum absolute atomic E-state index is 0.0308. The van der Waals surface area contributed by atoms with Gasteiger partial charge >= 0.3 is 0 Å². The van der Waals surface area contributed by atoms with Crippen LogP contribution in [-0.2, 0) is 0 Å². The van der Waals surface area contributed by atoms with Crippen molar-refractivity contribution in [1.82, 2.24) is 16.0 Å². The van der Waals surface area contributed by atoms with E-state index < -0.39 is 0 Å². The van der Waals surface area contributed by atoms with Crippen LogP contribution in [0.1, 0.15) is 29.6 Å². The number of nitrogens with zero attached hydrogens (tertiary/aromatic N) is 1. The molecule has 1 aliphatic carbocycles. The third-order valence-corrected chi connectivity index (χ3v) is 6.15. The number of rotatable bonds is 9. The van der Waals surface area contributed by atoms with E-state index in [2.05, 4.69) is 51.3 Å². The van der Waals surface area contributed by atoms with E-state index in [0.717, 1.165) is 25.5 Å². The lowest BCUT2D eigenvalue weighted by atomic mass is 10.2. The summed E-state index contributed by atoms with van der Waals surface area (Å²) < 4.78 is 0.280. The highest BCUT2D eigenvalue weighted by atomic mass is 32.2. The maximum absolute atomic E-state index is 12.0. The lowest BCUT2D eigenvalue weighted by molar-refractivity contribution is 0.0953. The second kappa shape index (κ2) is 10.2. The lowest BCUT2D eigenvalue weighted by Gasteiger charge is -2.18. The maximum atomic E-state index is 12.0. The maximum Gasteiger partial charge on any atom is 0.251 e. The minimum atomic E-state index is -0.0308. The van der Waals surface area contributed by atoms with Crippen molar-refractivity contribution in [2.24, 2.45) is 4.99 Å². The number of hydrogen-bond acceptors (Lipinski definition) is 3. The summed E-state index contributed by atoms with van der Waals surface area (Å²) in [6.07, 6.45) is 3.29. The quantitative estimate of drug-likeness (QED) is 0.346. The monoisotopic (exact) mass is 396 g/mol. The number of thioether (sulfide) groups is 1. The van der Waals surface area contributed by atoms with Gasteiger partial charge in [0.05, 0.1) is 0 Å². The second-order valence-electron chi connectivity index (χ2n) is 6.93. The molecule has 1 aliphatic rings. The second-order valence-corrected chi connectivity index (χ2v) is 8.47. The molecule has 1 saturated carbocycles. The molecule has 1 amide bonds. The number of guanidine groups is 1. The number of nitrogens with one attached hydrogen (secondary N) is 3. The number of benzene rings is 2. The molecule has 0 radical (unpaired) electrons. The Kier molecular flexibility index (Phi) is 7.37. The molecule has 1 fully saturated rings. The topological polar surface area (TPSA) is 65.5 Å². The van der Waals surface area contributed by atoms with Crippen LogP contribution in [0.2, 0.25) is 0 Å². The molecule has 0 unspecified atom stereocenters. The van der Waals surface area contributed by atoms with Crippen molar-refractivity contribution < 1.29 is 4.79 Å². The Balaban J connectivity index is 1.32. The van der Waals surface area contributed by atoms with Gasteiger partial charge in [-0.2, -0.15) is 0 Å². The Bertz CT molecular complexity index is 776. The van der Waals surface area contributed by atoms with Gasteiger partial charge in [0.15, 0.2) is 5.96 Å². The summed E-state index contributed by atoms with van der Waals surface area (Å²) in [4.78, 5) is 17.6. The van der Waals surface area contributed by atoms with E-state index in [1.54, 1.807) is 7.05 Å². The van der Waals surface area contributed by atoms with Gasteiger partial charge in [-0.1, -0.05) is 36.4 Å². The van der Waals surface area contributed by atoms with Crippen LogP contribution in [0.4, 0.5) is 0 Å². The molecule has 5 nitrogen and oxygen atoms in total. The minimum Gasteiger partial charge on any atom is -0.356 e. The average molecular weight is 397 g/mol. The Morgan fingerprint density at radius 3 is 2.25 bits per heavy atom. The highest BCUT2D eigenvalue weighted by molar-refractivity contribution is 8.01. The molecule has 6 heteroatoms.